The lowest BCUT2D eigenvalue weighted by Crippen LogP contribution is -2.14. The number of carbonyl (C=O) groups is 1. The van der Waals surface area contributed by atoms with E-state index in [0.717, 1.165) is 11.8 Å². The van der Waals surface area contributed by atoms with Crippen LogP contribution in [0.1, 0.15) is 15.9 Å². The first-order valence-electron chi connectivity index (χ1n) is 6.91. The Morgan fingerprint density at radius 3 is 2.83 bits per heavy atom. The first-order valence-corrected chi connectivity index (χ1v) is 7.67. The zero-order chi connectivity index (χ0) is 17.1. The van der Waals surface area contributed by atoms with Gasteiger partial charge < -0.3 is 5.32 Å². The number of amides is 1. The number of anilines is 1. The van der Waals surface area contributed by atoms with Crippen LogP contribution in [0.4, 0.5) is 10.2 Å². The highest BCUT2D eigenvalue weighted by Crippen LogP contribution is 2.22. The minimum absolute atomic E-state index is 0.0969. The van der Waals surface area contributed by atoms with E-state index in [9.17, 15) is 9.18 Å². The largest absolute Gasteiger partial charge is 0.305 e. The molecule has 0 radical (unpaired) electrons. The van der Waals surface area contributed by atoms with Gasteiger partial charge in [0, 0.05) is 28.5 Å². The molecule has 0 aliphatic heterocycles. The molecule has 1 amide bonds. The van der Waals surface area contributed by atoms with Gasteiger partial charge in [-0.25, -0.2) is 4.39 Å². The van der Waals surface area contributed by atoms with E-state index in [-0.39, 0.29) is 5.56 Å². The summed E-state index contributed by atoms with van der Waals surface area (Å²) < 4.78 is 15.1. The van der Waals surface area contributed by atoms with Crippen molar-refractivity contribution in [3.05, 3.63) is 75.9 Å². The molecular weight excluding hydrogens is 354 g/mol. The van der Waals surface area contributed by atoms with Gasteiger partial charge in [0.2, 0.25) is 0 Å². The molecule has 0 aliphatic rings. The third-order valence-electron chi connectivity index (χ3n) is 3.25. The molecule has 0 saturated heterocycles. The lowest BCUT2D eigenvalue weighted by Gasteiger charge is -2.05. The average molecular weight is 365 g/mol. The number of aromatic nitrogens is 3. The minimum atomic E-state index is -0.692. The molecule has 0 fully saturated rings. The second-order valence-electron chi connectivity index (χ2n) is 4.94. The zero-order valence-corrected chi connectivity index (χ0v) is 13.7. The number of nitrogens with one attached hydrogen (secondary N) is 1. The normalized spacial score (nSPS) is 10.6. The second kappa shape index (κ2) is 6.98. The van der Waals surface area contributed by atoms with Gasteiger partial charge in [-0.05, 0) is 23.8 Å². The molecule has 2 aromatic heterocycles. The summed E-state index contributed by atoms with van der Waals surface area (Å²) >= 11 is 12.0. The van der Waals surface area contributed by atoms with Gasteiger partial charge in [-0.3, -0.25) is 14.5 Å². The standard InChI is InChI=1S/C16H11Cl2FN4O/c17-11-2-1-10(13(18)7-11)9-23-6-4-15(22-23)21-16(24)12-3-5-20-8-14(12)19/h1-8H,9H2,(H,21,22,24). The summed E-state index contributed by atoms with van der Waals surface area (Å²) in [6, 6.07) is 8.10. The van der Waals surface area contributed by atoms with Crippen LogP contribution in [0.3, 0.4) is 0 Å². The first kappa shape index (κ1) is 16.4. The maximum atomic E-state index is 13.5. The number of carbonyl (C=O) groups excluding carboxylic acids is 1. The Hall–Kier alpha value is -2.44. The predicted octanol–water partition coefficient (Wildman–Crippen LogP) is 4.02. The van der Waals surface area contributed by atoms with Crippen molar-refractivity contribution in [1.82, 2.24) is 14.8 Å². The Labute approximate surface area is 147 Å². The quantitative estimate of drug-likeness (QED) is 0.760. The Balaban J connectivity index is 1.72. The van der Waals surface area contributed by atoms with Crippen molar-refractivity contribution in [2.45, 2.75) is 6.54 Å². The lowest BCUT2D eigenvalue weighted by atomic mass is 10.2. The highest BCUT2D eigenvalue weighted by atomic mass is 35.5. The minimum Gasteiger partial charge on any atom is -0.305 e. The molecule has 1 N–H and O–H groups in total. The highest BCUT2D eigenvalue weighted by molar-refractivity contribution is 6.35. The Morgan fingerprint density at radius 1 is 1.25 bits per heavy atom. The van der Waals surface area contributed by atoms with Crippen LogP contribution in [0.5, 0.6) is 0 Å². The van der Waals surface area contributed by atoms with E-state index in [1.165, 1.54) is 12.3 Å². The van der Waals surface area contributed by atoms with Crippen molar-refractivity contribution in [2.24, 2.45) is 0 Å². The van der Waals surface area contributed by atoms with E-state index >= 15 is 0 Å². The topological polar surface area (TPSA) is 59.8 Å². The first-order chi connectivity index (χ1) is 11.5. The fraction of sp³-hybridized carbons (Fsp3) is 0.0625. The third-order valence-corrected chi connectivity index (χ3v) is 3.83. The van der Waals surface area contributed by atoms with Crippen LogP contribution in [-0.2, 0) is 6.54 Å². The van der Waals surface area contributed by atoms with Crippen LogP contribution in [0, 0.1) is 5.82 Å². The number of hydrogen-bond acceptors (Lipinski definition) is 3. The number of halogens is 3. The zero-order valence-electron chi connectivity index (χ0n) is 12.2. The molecule has 0 bridgehead atoms. The number of nitrogens with zero attached hydrogens (tertiary/aromatic N) is 3. The van der Waals surface area contributed by atoms with Crippen LogP contribution in [0.15, 0.2) is 48.9 Å². The SMILES string of the molecule is O=C(Nc1ccn(Cc2ccc(Cl)cc2Cl)n1)c1ccncc1F. The molecule has 0 aliphatic carbocycles. The summed E-state index contributed by atoms with van der Waals surface area (Å²) in [6.45, 7) is 0.412. The van der Waals surface area contributed by atoms with Crippen molar-refractivity contribution in [3.63, 3.8) is 0 Å². The Bertz CT molecular complexity index is 897. The fourth-order valence-corrected chi connectivity index (χ4v) is 2.55. The molecule has 1 aromatic carbocycles. The van der Waals surface area contributed by atoms with Gasteiger partial charge in [0.1, 0.15) is 0 Å². The van der Waals surface area contributed by atoms with Crippen LogP contribution in [0.25, 0.3) is 0 Å². The highest BCUT2D eigenvalue weighted by Gasteiger charge is 2.13. The summed E-state index contributed by atoms with van der Waals surface area (Å²) in [5.41, 5.74) is 0.738. The summed E-state index contributed by atoms with van der Waals surface area (Å²) in [6.07, 6.45) is 4.01. The van der Waals surface area contributed by atoms with Crippen molar-refractivity contribution in [1.29, 1.82) is 0 Å². The monoisotopic (exact) mass is 364 g/mol. The molecule has 122 valence electrons. The molecule has 0 atom stereocenters. The number of benzene rings is 1. The van der Waals surface area contributed by atoms with E-state index in [2.05, 4.69) is 15.4 Å². The smallest absolute Gasteiger partial charge is 0.259 e. The van der Waals surface area contributed by atoms with Crippen LogP contribution in [-0.4, -0.2) is 20.7 Å². The van der Waals surface area contributed by atoms with Gasteiger partial charge in [0.05, 0.1) is 18.3 Å². The van der Waals surface area contributed by atoms with E-state index in [1.54, 1.807) is 35.1 Å². The molecule has 24 heavy (non-hydrogen) atoms. The average Bonchev–Trinajstić information content (AvgIpc) is 2.97. The van der Waals surface area contributed by atoms with E-state index in [1.807, 2.05) is 0 Å². The maximum absolute atomic E-state index is 13.5. The van der Waals surface area contributed by atoms with Crippen LogP contribution < -0.4 is 5.32 Å². The molecule has 0 spiro atoms. The molecule has 0 unspecified atom stereocenters. The lowest BCUT2D eigenvalue weighted by molar-refractivity contribution is 0.102. The van der Waals surface area contributed by atoms with Crippen molar-refractivity contribution in [3.8, 4) is 0 Å². The summed E-state index contributed by atoms with van der Waals surface area (Å²) in [7, 11) is 0. The molecule has 8 heteroatoms. The van der Waals surface area contributed by atoms with Gasteiger partial charge in [0.15, 0.2) is 11.6 Å². The number of hydrogen-bond donors (Lipinski definition) is 1. The molecule has 5 nitrogen and oxygen atoms in total. The van der Waals surface area contributed by atoms with E-state index < -0.39 is 11.7 Å². The van der Waals surface area contributed by atoms with Crippen LogP contribution in [0.2, 0.25) is 10.0 Å². The van der Waals surface area contributed by atoms with E-state index in [0.29, 0.717) is 22.4 Å². The van der Waals surface area contributed by atoms with Gasteiger partial charge in [-0.1, -0.05) is 29.3 Å². The Kier molecular flexibility index (Phi) is 4.78. The molecule has 0 saturated carbocycles. The molecule has 2 heterocycles. The molecule has 3 rings (SSSR count). The molecule has 3 aromatic rings. The van der Waals surface area contributed by atoms with Gasteiger partial charge in [-0.2, -0.15) is 5.10 Å². The summed E-state index contributed by atoms with van der Waals surface area (Å²) in [5.74, 6) is -0.978. The third kappa shape index (κ3) is 3.72. The summed E-state index contributed by atoms with van der Waals surface area (Å²) in [4.78, 5) is 15.6. The maximum Gasteiger partial charge on any atom is 0.259 e. The van der Waals surface area contributed by atoms with E-state index in [4.69, 9.17) is 23.2 Å². The van der Waals surface area contributed by atoms with Crippen molar-refractivity contribution >= 4 is 34.9 Å². The van der Waals surface area contributed by atoms with Crippen molar-refractivity contribution < 1.29 is 9.18 Å². The number of rotatable bonds is 4. The summed E-state index contributed by atoms with van der Waals surface area (Å²) in [5, 5.41) is 7.84. The van der Waals surface area contributed by atoms with Crippen molar-refractivity contribution in [2.75, 3.05) is 5.32 Å². The fourth-order valence-electron chi connectivity index (χ4n) is 2.08. The van der Waals surface area contributed by atoms with Gasteiger partial charge in [-0.15, -0.1) is 0 Å². The Morgan fingerprint density at radius 2 is 2.08 bits per heavy atom. The molecular formula is C16H11Cl2FN4O. The van der Waals surface area contributed by atoms with Gasteiger partial charge >= 0.3 is 0 Å². The van der Waals surface area contributed by atoms with Gasteiger partial charge in [0.25, 0.3) is 5.91 Å². The van der Waals surface area contributed by atoms with Crippen LogP contribution >= 0.6 is 23.2 Å². The second-order valence-corrected chi connectivity index (χ2v) is 5.79. The number of pyridine rings is 1. The predicted molar refractivity (Wildman–Crippen MR) is 89.9 cm³/mol.